The highest BCUT2D eigenvalue weighted by molar-refractivity contribution is 7.20. The van der Waals surface area contributed by atoms with Crippen molar-refractivity contribution >= 4 is 27.3 Å². The molecular formula is C21H25N5O2S. The molecule has 4 rings (SSSR count). The number of rotatable bonds is 5. The van der Waals surface area contributed by atoms with Crippen LogP contribution in [0.1, 0.15) is 36.9 Å². The summed E-state index contributed by atoms with van der Waals surface area (Å²) in [6, 6.07) is 11.7. The Labute approximate surface area is 173 Å². The molecule has 0 aliphatic carbocycles. The van der Waals surface area contributed by atoms with Gasteiger partial charge in [0.2, 0.25) is 16.0 Å². The van der Waals surface area contributed by atoms with Crippen LogP contribution in [-0.2, 0) is 4.79 Å². The lowest BCUT2D eigenvalue weighted by Crippen LogP contribution is -2.43. The Morgan fingerprint density at radius 3 is 2.93 bits per heavy atom. The molecule has 0 unspecified atom stereocenters. The van der Waals surface area contributed by atoms with Gasteiger partial charge in [0.25, 0.3) is 5.56 Å². The molecule has 0 saturated carbocycles. The minimum absolute atomic E-state index is 0.0786. The first-order chi connectivity index (χ1) is 14.0. The molecule has 1 aliphatic rings. The van der Waals surface area contributed by atoms with Gasteiger partial charge in [0.1, 0.15) is 0 Å². The molecule has 1 fully saturated rings. The third kappa shape index (κ3) is 4.32. The third-order valence-electron chi connectivity index (χ3n) is 5.38. The Hall–Kier alpha value is -2.74. The van der Waals surface area contributed by atoms with Crippen LogP contribution in [0.25, 0.3) is 4.96 Å². The first-order valence-electron chi connectivity index (χ1n) is 9.96. The van der Waals surface area contributed by atoms with Crippen molar-refractivity contribution in [3.8, 4) is 0 Å². The van der Waals surface area contributed by atoms with Crippen LogP contribution >= 0.6 is 11.3 Å². The van der Waals surface area contributed by atoms with Gasteiger partial charge < -0.3 is 10.2 Å². The molecule has 0 bridgehead atoms. The van der Waals surface area contributed by atoms with Crippen molar-refractivity contribution in [2.24, 2.45) is 5.92 Å². The normalized spacial score (nSPS) is 18.0. The van der Waals surface area contributed by atoms with Gasteiger partial charge in [0.15, 0.2) is 0 Å². The Morgan fingerprint density at radius 2 is 2.14 bits per heavy atom. The molecule has 29 heavy (non-hydrogen) atoms. The molecule has 2 aromatic heterocycles. The Morgan fingerprint density at radius 1 is 1.34 bits per heavy atom. The topological polar surface area (TPSA) is 79.6 Å². The fourth-order valence-electron chi connectivity index (χ4n) is 3.70. The maximum Gasteiger partial charge on any atom is 0.275 e. The van der Waals surface area contributed by atoms with Crippen LogP contribution in [0.2, 0.25) is 0 Å². The van der Waals surface area contributed by atoms with Gasteiger partial charge in [-0.2, -0.15) is 4.52 Å². The summed E-state index contributed by atoms with van der Waals surface area (Å²) in [5, 5.41) is 8.30. The largest absolute Gasteiger partial charge is 0.355 e. The van der Waals surface area contributed by atoms with E-state index in [1.54, 1.807) is 6.92 Å². The van der Waals surface area contributed by atoms with Crippen LogP contribution in [0.4, 0.5) is 5.13 Å². The van der Waals surface area contributed by atoms with Crippen LogP contribution in [-0.4, -0.2) is 40.1 Å². The molecule has 3 aromatic rings. The highest BCUT2D eigenvalue weighted by Crippen LogP contribution is 2.27. The zero-order chi connectivity index (χ0) is 20.4. The van der Waals surface area contributed by atoms with E-state index in [0.717, 1.165) is 24.5 Å². The Kier molecular flexibility index (Phi) is 5.62. The monoisotopic (exact) mass is 411 g/mol. The molecular weight excluding hydrogens is 386 g/mol. The van der Waals surface area contributed by atoms with Gasteiger partial charge in [-0.3, -0.25) is 9.59 Å². The van der Waals surface area contributed by atoms with Gasteiger partial charge in [-0.15, -0.1) is 5.10 Å². The van der Waals surface area contributed by atoms with E-state index in [4.69, 9.17) is 0 Å². The summed E-state index contributed by atoms with van der Waals surface area (Å²) in [7, 11) is 0. The second kappa shape index (κ2) is 8.32. The second-order valence-electron chi connectivity index (χ2n) is 7.66. The predicted molar refractivity (Wildman–Crippen MR) is 115 cm³/mol. The summed E-state index contributed by atoms with van der Waals surface area (Å²) < 4.78 is 1.35. The van der Waals surface area contributed by atoms with Gasteiger partial charge in [0, 0.05) is 31.4 Å². The number of hydrogen-bond acceptors (Lipinski definition) is 6. The van der Waals surface area contributed by atoms with Crippen molar-refractivity contribution in [1.29, 1.82) is 0 Å². The first-order valence-corrected chi connectivity index (χ1v) is 10.8. The number of carbonyl (C=O) groups excluding carboxylic acids is 1. The molecule has 0 spiro atoms. The van der Waals surface area contributed by atoms with Crippen molar-refractivity contribution < 1.29 is 4.79 Å². The minimum Gasteiger partial charge on any atom is -0.355 e. The van der Waals surface area contributed by atoms with Crippen molar-refractivity contribution in [3.05, 3.63) is 58.0 Å². The molecule has 8 heteroatoms. The highest BCUT2D eigenvalue weighted by Gasteiger charge is 2.28. The molecule has 1 aromatic carbocycles. The summed E-state index contributed by atoms with van der Waals surface area (Å²) in [6.07, 6.45) is 1.79. The molecule has 1 aliphatic heterocycles. The van der Waals surface area contributed by atoms with E-state index in [1.165, 1.54) is 27.5 Å². The summed E-state index contributed by atoms with van der Waals surface area (Å²) in [5.41, 5.74) is 1.74. The van der Waals surface area contributed by atoms with Crippen molar-refractivity contribution in [2.45, 2.75) is 32.6 Å². The number of carbonyl (C=O) groups is 1. The fraction of sp³-hybridized carbons (Fsp3) is 0.429. The van der Waals surface area contributed by atoms with Crippen LogP contribution in [0.5, 0.6) is 0 Å². The number of piperidine rings is 1. The number of aryl methyl sites for hydroxylation is 1. The van der Waals surface area contributed by atoms with Gasteiger partial charge in [0.05, 0.1) is 5.92 Å². The zero-order valence-electron chi connectivity index (χ0n) is 16.7. The van der Waals surface area contributed by atoms with Crippen LogP contribution in [0, 0.1) is 12.8 Å². The molecule has 1 amide bonds. The van der Waals surface area contributed by atoms with Crippen molar-refractivity contribution in [1.82, 2.24) is 19.9 Å². The van der Waals surface area contributed by atoms with Crippen molar-refractivity contribution in [2.75, 3.05) is 24.5 Å². The summed E-state index contributed by atoms with van der Waals surface area (Å²) in [5.74, 6) is 0.278. The van der Waals surface area contributed by atoms with Gasteiger partial charge in [-0.25, -0.2) is 4.98 Å². The maximum atomic E-state index is 12.8. The van der Waals surface area contributed by atoms with E-state index >= 15 is 0 Å². The average molecular weight is 412 g/mol. The molecule has 1 saturated heterocycles. The molecule has 1 N–H and O–H groups in total. The summed E-state index contributed by atoms with van der Waals surface area (Å²) >= 11 is 1.40. The average Bonchev–Trinajstić information content (AvgIpc) is 3.17. The number of anilines is 1. The minimum atomic E-state index is -0.170. The lowest BCUT2D eigenvalue weighted by Gasteiger charge is -2.31. The van der Waals surface area contributed by atoms with E-state index in [0.29, 0.717) is 23.7 Å². The predicted octanol–water partition coefficient (Wildman–Crippen LogP) is 2.60. The smallest absolute Gasteiger partial charge is 0.275 e. The Balaban J connectivity index is 1.41. The van der Waals surface area contributed by atoms with Crippen LogP contribution in [0.15, 0.2) is 41.2 Å². The van der Waals surface area contributed by atoms with Crippen molar-refractivity contribution in [3.63, 3.8) is 0 Å². The van der Waals surface area contributed by atoms with E-state index in [-0.39, 0.29) is 23.3 Å². The van der Waals surface area contributed by atoms with Crippen LogP contribution in [0.3, 0.4) is 0 Å². The number of hydrogen-bond donors (Lipinski definition) is 1. The van der Waals surface area contributed by atoms with E-state index in [1.807, 2.05) is 18.2 Å². The molecule has 3 heterocycles. The van der Waals surface area contributed by atoms with Gasteiger partial charge in [-0.05, 0) is 31.2 Å². The number of amides is 1. The SMILES string of the molecule is Cc1cc(=O)n2nc(N3CCC[C@@H](C(=O)NC[C@H](C)c4ccccc4)C3)sc2n1. The van der Waals surface area contributed by atoms with E-state index < -0.39 is 0 Å². The number of benzene rings is 1. The zero-order valence-corrected chi connectivity index (χ0v) is 17.5. The number of fused-ring (bicyclic) bond motifs is 1. The maximum absolute atomic E-state index is 12.8. The fourth-order valence-corrected chi connectivity index (χ4v) is 4.69. The molecule has 2 atom stereocenters. The Bertz CT molecular complexity index is 1060. The van der Waals surface area contributed by atoms with Crippen LogP contribution < -0.4 is 15.8 Å². The molecule has 152 valence electrons. The number of aromatic nitrogens is 3. The van der Waals surface area contributed by atoms with Gasteiger partial charge >= 0.3 is 0 Å². The summed E-state index contributed by atoms with van der Waals surface area (Å²) in [4.78, 5) is 32.0. The van der Waals surface area contributed by atoms with E-state index in [9.17, 15) is 9.59 Å². The first kappa shape index (κ1) is 19.6. The molecule has 7 nitrogen and oxygen atoms in total. The lowest BCUT2D eigenvalue weighted by molar-refractivity contribution is -0.125. The van der Waals surface area contributed by atoms with E-state index in [2.05, 4.69) is 39.4 Å². The lowest BCUT2D eigenvalue weighted by atomic mass is 9.96. The summed E-state index contributed by atoms with van der Waals surface area (Å²) in [6.45, 7) is 5.99. The second-order valence-corrected chi connectivity index (χ2v) is 8.59. The number of nitrogens with one attached hydrogen (secondary N) is 1. The number of nitrogens with zero attached hydrogens (tertiary/aromatic N) is 4. The third-order valence-corrected chi connectivity index (χ3v) is 6.35. The molecule has 0 radical (unpaired) electrons. The van der Waals surface area contributed by atoms with Gasteiger partial charge in [-0.1, -0.05) is 48.6 Å². The quantitative estimate of drug-likeness (QED) is 0.698. The standard InChI is InChI=1S/C21H25N5O2S/c1-14(16-7-4-3-5-8-16)12-22-19(28)17-9-6-10-25(13-17)21-24-26-18(27)11-15(2)23-20(26)29-21/h3-5,7-8,11,14,17H,6,9-10,12-13H2,1-2H3,(H,22,28)/t14-,17+/m0/s1. The highest BCUT2D eigenvalue weighted by atomic mass is 32.1.